The molecule has 0 fully saturated rings. The van der Waals surface area contributed by atoms with Crippen LogP contribution in [-0.4, -0.2) is 30.7 Å². The van der Waals surface area contributed by atoms with E-state index in [-0.39, 0.29) is 12.9 Å². The second-order valence-electron chi connectivity index (χ2n) is 5.05. The summed E-state index contributed by atoms with van der Waals surface area (Å²) < 4.78 is 16.6. The van der Waals surface area contributed by atoms with Gasteiger partial charge < -0.3 is 24.6 Å². The Morgan fingerprint density at radius 3 is 2.65 bits per heavy atom. The molecule has 1 heterocycles. The van der Waals surface area contributed by atoms with Crippen molar-refractivity contribution in [3.63, 3.8) is 0 Å². The summed E-state index contributed by atoms with van der Waals surface area (Å²) in [5.41, 5.74) is 1.01. The molecule has 0 spiro atoms. The van der Waals surface area contributed by atoms with Crippen LogP contribution in [0.25, 0.3) is 0 Å². The van der Waals surface area contributed by atoms with Crippen LogP contribution in [0, 0.1) is 0 Å². The minimum absolute atomic E-state index is 0.243. The fraction of sp³-hybridized carbons (Fsp3) is 0.600. The first-order valence-corrected chi connectivity index (χ1v) is 7.09. The fourth-order valence-electron chi connectivity index (χ4n) is 1.91. The highest BCUT2D eigenvalue weighted by Crippen LogP contribution is 2.38. The maximum absolute atomic E-state index is 9.58. The van der Waals surface area contributed by atoms with Gasteiger partial charge in [0.05, 0.1) is 6.10 Å². The molecule has 2 rings (SSSR count). The van der Waals surface area contributed by atoms with Crippen LogP contribution < -0.4 is 19.5 Å². The number of hydrogen-bond acceptors (Lipinski definition) is 5. The SMILES string of the molecule is CCCNCc1cc2c(cc1OC(C)C(C)O)OCO2. The zero-order valence-corrected chi connectivity index (χ0v) is 12.3. The summed E-state index contributed by atoms with van der Waals surface area (Å²) >= 11 is 0. The maximum Gasteiger partial charge on any atom is 0.231 e. The third-order valence-corrected chi connectivity index (χ3v) is 3.29. The van der Waals surface area contributed by atoms with Gasteiger partial charge in [0.2, 0.25) is 6.79 Å². The second-order valence-corrected chi connectivity index (χ2v) is 5.05. The van der Waals surface area contributed by atoms with Crippen molar-refractivity contribution in [1.82, 2.24) is 5.32 Å². The first kappa shape index (κ1) is 14.9. The van der Waals surface area contributed by atoms with Crippen LogP contribution in [0.15, 0.2) is 12.1 Å². The van der Waals surface area contributed by atoms with E-state index in [0.717, 1.165) is 30.0 Å². The molecule has 0 aromatic heterocycles. The highest BCUT2D eigenvalue weighted by atomic mass is 16.7. The van der Waals surface area contributed by atoms with Gasteiger partial charge in [0.25, 0.3) is 0 Å². The van der Waals surface area contributed by atoms with Gasteiger partial charge in [0, 0.05) is 18.2 Å². The van der Waals surface area contributed by atoms with Crippen molar-refractivity contribution in [2.75, 3.05) is 13.3 Å². The molecule has 2 unspecified atom stereocenters. The first-order valence-electron chi connectivity index (χ1n) is 7.09. The number of nitrogens with one attached hydrogen (secondary N) is 1. The van der Waals surface area contributed by atoms with E-state index in [1.165, 1.54) is 0 Å². The van der Waals surface area contributed by atoms with Gasteiger partial charge in [-0.25, -0.2) is 0 Å². The summed E-state index contributed by atoms with van der Waals surface area (Å²) in [4.78, 5) is 0. The number of aliphatic hydroxyl groups is 1. The monoisotopic (exact) mass is 281 g/mol. The molecule has 2 atom stereocenters. The fourth-order valence-corrected chi connectivity index (χ4v) is 1.91. The molecule has 20 heavy (non-hydrogen) atoms. The van der Waals surface area contributed by atoms with Gasteiger partial charge in [0.15, 0.2) is 11.5 Å². The molecule has 112 valence electrons. The summed E-state index contributed by atoms with van der Waals surface area (Å²) in [5.74, 6) is 2.17. The van der Waals surface area contributed by atoms with Gasteiger partial charge in [0.1, 0.15) is 11.9 Å². The predicted molar refractivity (Wildman–Crippen MR) is 76.3 cm³/mol. The van der Waals surface area contributed by atoms with E-state index in [9.17, 15) is 5.11 Å². The van der Waals surface area contributed by atoms with Crippen molar-refractivity contribution in [2.45, 2.75) is 45.9 Å². The van der Waals surface area contributed by atoms with Gasteiger partial charge in [-0.05, 0) is 32.9 Å². The Balaban J connectivity index is 2.17. The van der Waals surface area contributed by atoms with Crippen molar-refractivity contribution < 1.29 is 19.3 Å². The van der Waals surface area contributed by atoms with Crippen LogP contribution in [0.1, 0.15) is 32.8 Å². The molecule has 1 aromatic carbocycles. The predicted octanol–water partition coefficient (Wildman–Crippen LogP) is 2.06. The van der Waals surface area contributed by atoms with E-state index >= 15 is 0 Å². The third-order valence-electron chi connectivity index (χ3n) is 3.29. The number of benzene rings is 1. The lowest BCUT2D eigenvalue weighted by molar-refractivity contribution is 0.0596. The average molecular weight is 281 g/mol. The van der Waals surface area contributed by atoms with E-state index in [0.29, 0.717) is 12.3 Å². The summed E-state index contributed by atoms with van der Waals surface area (Å²) in [5, 5.41) is 12.9. The molecule has 1 aliphatic heterocycles. The summed E-state index contributed by atoms with van der Waals surface area (Å²) in [7, 11) is 0. The average Bonchev–Trinajstić information content (AvgIpc) is 2.86. The quantitative estimate of drug-likeness (QED) is 0.749. The minimum atomic E-state index is -0.531. The van der Waals surface area contributed by atoms with Crippen molar-refractivity contribution in [2.24, 2.45) is 0 Å². The van der Waals surface area contributed by atoms with E-state index < -0.39 is 6.10 Å². The molecule has 2 N–H and O–H groups in total. The molecule has 0 aliphatic carbocycles. The van der Waals surface area contributed by atoms with E-state index in [1.54, 1.807) is 6.92 Å². The Bertz CT molecular complexity index is 448. The molecule has 1 aromatic rings. The Labute approximate surface area is 119 Å². The molecule has 5 nitrogen and oxygen atoms in total. The van der Waals surface area contributed by atoms with Crippen LogP contribution in [0.5, 0.6) is 17.2 Å². The smallest absolute Gasteiger partial charge is 0.231 e. The van der Waals surface area contributed by atoms with Crippen molar-refractivity contribution >= 4 is 0 Å². The molecule has 0 saturated heterocycles. The molecule has 0 bridgehead atoms. The highest BCUT2D eigenvalue weighted by Gasteiger charge is 2.20. The largest absolute Gasteiger partial charge is 0.488 e. The van der Waals surface area contributed by atoms with E-state index in [4.69, 9.17) is 14.2 Å². The van der Waals surface area contributed by atoms with Crippen LogP contribution in [0.2, 0.25) is 0 Å². The lowest BCUT2D eigenvalue weighted by Crippen LogP contribution is -2.26. The van der Waals surface area contributed by atoms with Crippen LogP contribution in [-0.2, 0) is 6.54 Å². The van der Waals surface area contributed by atoms with Crippen molar-refractivity contribution in [3.8, 4) is 17.2 Å². The van der Waals surface area contributed by atoms with Crippen molar-refractivity contribution in [1.29, 1.82) is 0 Å². The van der Waals surface area contributed by atoms with Crippen molar-refractivity contribution in [3.05, 3.63) is 17.7 Å². The number of fused-ring (bicyclic) bond motifs is 1. The Kier molecular flexibility index (Phi) is 5.09. The Morgan fingerprint density at radius 1 is 1.30 bits per heavy atom. The second kappa shape index (κ2) is 6.81. The maximum atomic E-state index is 9.58. The van der Waals surface area contributed by atoms with Gasteiger partial charge in [-0.15, -0.1) is 0 Å². The third kappa shape index (κ3) is 3.55. The summed E-state index contributed by atoms with van der Waals surface area (Å²) in [6.45, 7) is 7.57. The molecular weight excluding hydrogens is 258 g/mol. The standard InChI is InChI=1S/C15H23NO4/c1-4-5-16-8-12-6-14-15(19-9-18-14)7-13(12)20-11(3)10(2)17/h6-7,10-11,16-17H,4-5,8-9H2,1-3H3. The highest BCUT2D eigenvalue weighted by molar-refractivity contribution is 5.51. The van der Waals surface area contributed by atoms with E-state index in [1.807, 2.05) is 19.1 Å². The number of aliphatic hydroxyl groups excluding tert-OH is 1. The summed E-state index contributed by atoms with van der Waals surface area (Å²) in [6.07, 6.45) is 0.266. The van der Waals surface area contributed by atoms with Crippen LogP contribution in [0.4, 0.5) is 0 Å². The molecule has 0 radical (unpaired) electrons. The number of ether oxygens (including phenoxy) is 3. The molecular formula is C15H23NO4. The van der Waals surface area contributed by atoms with Gasteiger partial charge >= 0.3 is 0 Å². The Morgan fingerprint density at radius 2 is 2.00 bits per heavy atom. The Hall–Kier alpha value is -1.46. The number of rotatable bonds is 7. The molecule has 0 saturated carbocycles. The van der Waals surface area contributed by atoms with Crippen LogP contribution in [0.3, 0.4) is 0 Å². The minimum Gasteiger partial charge on any atom is -0.488 e. The topological polar surface area (TPSA) is 60.0 Å². The van der Waals surface area contributed by atoms with Crippen LogP contribution >= 0.6 is 0 Å². The lowest BCUT2D eigenvalue weighted by Gasteiger charge is -2.20. The zero-order valence-electron chi connectivity index (χ0n) is 12.3. The number of hydrogen-bond donors (Lipinski definition) is 2. The molecule has 1 aliphatic rings. The van der Waals surface area contributed by atoms with E-state index in [2.05, 4.69) is 12.2 Å². The molecule has 5 heteroatoms. The lowest BCUT2D eigenvalue weighted by atomic mass is 10.1. The van der Waals surface area contributed by atoms with Gasteiger partial charge in [-0.1, -0.05) is 6.92 Å². The summed E-state index contributed by atoms with van der Waals surface area (Å²) in [6, 6.07) is 3.78. The van der Waals surface area contributed by atoms with Gasteiger partial charge in [-0.3, -0.25) is 0 Å². The first-order chi connectivity index (χ1) is 9.61. The zero-order chi connectivity index (χ0) is 14.5. The van der Waals surface area contributed by atoms with Gasteiger partial charge in [-0.2, -0.15) is 0 Å². The normalized spacial score (nSPS) is 16.0. The molecule has 0 amide bonds.